The highest BCUT2D eigenvalue weighted by Gasteiger charge is 2.20. The molecule has 11 aromatic rings. The van der Waals surface area contributed by atoms with Crippen LogP contribution in [0.3, 0.4) is 0 Å². The zero-order valence-electron chi connectivity index (χ0n) is 49.8. The lowest BCUT2D eigenvalue weighted by Crippen LogP contribution is -1.96. The molecule has 0 spiro atoms. The van der Waals surface area contributed by atoms with Gasteiger partial charge >= 0.3 is 0 Å². The maximum Gasteiger partial charge on any atom is 0.137 e. The Morgan fingerprint density at radius 1 is 0.412 bits per heavy atom. The number of furan rings is 1. The molecule has 0 N–H and O–H groups in total. The number of para-hydroxylation sites is 3. The first-order valence-electron chi connectivity index (χ1n) is 27.5. The van der Waals surface area contributed by atoms with E-state index in [-0.39, 0.29) is 71.3 Å². The zero-order chi connectivity index (χ0) is 54.4. The van der Waals surface area contributed by atoms with Crippen LogP contribution in [0.25, 0.3) is 99.2 Å². The third-order valence-electron chi connectivity index (χ3n) is 8.78. The van der Waals surface area contributed by atoms with Gasteiger partial charge in [-0.15, -0.1) is 0 Å². The Morgan fingerprint density at radius 3 is 1.76 bits per heavy atom. The summed E-state index contributed by atoms with van der Waals surface area (Å²) >= 11 is 0. The Hall–Kier alpha value is -6.84. The summed E-state index contributed by atoms with van der Waals surface area (Å²) in [5.41, 5.74) is -3.01. The quantitative estimate of drug-likeness (QED) is 0.182. The predicted octanol–water partition coefficient (Wildman–Crippen LogP) is 13.1. The van der Waals surface area contributed by atoms with Crippen molar-refractivity contribution >= 4 is 65.6 Å². The maximum atomic E-state index is 9.98. The van der Waals surface area contributed by atoms with Gasteiger partial charge in [0, 0.05) is 32.6 Å². The third kappa shape index (κ3) is 4.19. The summed E-state index contributed by atoms with van der Waals surface area (Å²) in [5.74, 6) is 0. The van der Waals surface area contributed by atoms with Gasteiger partial charge in [-0.3, -0.25) is 0 Å². The lowest BCUT2D eigenvalue weighted by atomic mass is 9.98. The monoisotopic (exact) mass is 674 g/mol. The average molecular weight is 675 g/mol. The molecule has 0 amide bonds. The summed E-state index contributed by atoms with van der Waals surface area (Å²) in [6.45, 7) is 0. The molecule has 3 heteroatoms. The molecule has 0 aliphatic carbocycles. The molecular formula is C48H30N2O. The smallest absolute Gasteiger partial charge is 0.137 e. The average Bonchev–Trinajstić information content (AvgIpc) is 4.08. The van der Waals surface area contributed by atoms with E-state index in [1.807, 2.05) is 0 Å². The second kappa shape index (κ2) is 10.8. The Morgan fingerprint density at radius 2 is 1.02 bits per heavy atom. The van der Waals surface area contributed by atoms with E-state index in [0.717, 1.165) is 4.57 Å². The van der Waals surface area contributed by atoms with Crippen LogP contribution >= 0.6 is 0 Å². The molecule has 0 fully saturated rings. The van der Waals surface area contributed by atoms with Crippen LogP contribution < -0.4 is 0 Å². The molecule has 8 aromatic carbocycles. The minimum absolute atomic E-state index is 0.0493. The second-order valence-corrected chi connectivity index (χ2v) is 11.5. The SMILES string of the molecule is [2H]c1c([2H])c([2H])c(-c2c([2H])c([2H])c([2H])c(-c3ccc4oc5cccc(-n6c7c([2H])c([2H])c([2H])c([2H])c7c7c([2H])c(-n8c9c([2H])c([2H])c([2H])c([2H])c9c9c([2H])c([2H])c([2H])c([2H])c98)c([2H])c([2H])c76)c5c4c3)c2[2H])c([2H])c1[2H]. The number of nitrogens with zero attached hydrogens (tertiary/aromatic N) is 2. The molecule has 0 unspecified atom stereocenters. The normalized spacial score (nSPS) is 18.5. The van der Waals surface area contributed by atoms with Gasteiger partial charge in [-0.2, -0.15) is 0 Å². The van der Waals surface area contributed by atoms with Crippen LogP contribution in [0.2, 0.25) is 0 Å². The summed E-state index contributed by atoms with van der Waals surface area (Å²) in [5, 5.41) is -1.03. The van der Waals surface area contributed by atoms with E-state index < -0.39 is 173 Å². The lowest BCUT2D eigenvalue weighted by Gasteiger charge is -2.11. The largest absolute Gasteiger partial charge is 0.456 e. The Labute approximate surface area is 327 Å². The molecule has 3 nitrogen and oxygen atoms in total. The topological polar surface area (TPSA) is 23.0 Å². The van der Waals surface area contributed by atoms with Crippen LogP contribution in [0.4, 0.5) is 0 Å². The van der Waals surface area contributed by atoms with E-state index >= 15 is 0 Å². The first-order valence-corrected chi connectivity index (χ1v) is 15.5. The number of benzene rings is 8. The summed E-state index contributed by atoms with van der Waals surface area (Å²) in [6, 6.07) is -8.45. The fourth-order valence-corrected chi connectivity index (χ4v) is 6.64. The number of hydrogen-bond acceptors (Lipinski definition) is 1. The molecule has 3 aromatic heterocycles. The van der Waals surface area contributed by atoms with Crippen molar-refractivity contribution in [2.75, 3.05) is 0 Å². The molecule has 0 radical (unpaired) electrons. The van der Waals surface area contributed by atoms with E-state index in [9.17, 15) is 8.22 Å². The van der Waals surface area contributed by atoms with Crippen molar-refractivity contribution in [2.45, 2.75) is 0 Å². The molecule has 51 heavy (non-hydrogen) atoms. The van der Waals surface area contributed by atoms with E-state index in [2.05, 4.69) is 0 Å². The minimum Gasteiger partial charge on any atom is -0.456 e. The molecule has 11 rings (SSSR count). The van der Waals surface area contributed by atoms with Crippen LogP contribution in [0.5, 0.6) is 0 Å². The minimum atomic E-state index is -0.818. The van der Waals surface area contributed by atoms with Crippen LogP contribution in [-0.4, -0.2) is 9.13 Å². The highest BCUT2D eigenvalue weighted by Crippen LogP contribution is 2.41. The molecule has 0 aliphatic rings. The van der Waals surface area contributed by atoms with Crippen molar-refractivity contribution < 1.29 is 37.3 Å². The van der Waals surface area contributed by atoms with Crippen molar-refractivity contribution in [3.63, 3.8) is 0 Å². The fourth-order valence-electron chi connectivity index (χ4n) is 6.64. The van der Waals surface area contributed by atoms with Gasteiger partial charge in [-0.1, -0.05) is 115 Å². The Bertz CT molecular complexity index is 4430. The summed E-state index contributed by atoms with van der Waals surface area (Å²) in [7, 11) is 0. The third-order valence-corrected chi connectivity index (χ3v) is 8.78. The highest BCUT2D eigenvalue weighted by atomic mass is 16.3. The van der Waals surface area contributed by atoms with Crippen LogP contribution in [0.1, 0.15) is 32.9 Å². The summed E-state index contributed by atoms with van der Waals surface area (Å²) in [6.07, 6.45) is 0. The first kappa shape index (κ1) is 13.5. The van der Waals surface area contributed by atoms with Crippen molar-refractivity contribution in [1.29, 1.82) is 0 Å². The van der Waals surface area contributed by atoms with Gasteiger partial charge < -0.3 is 13.6 Å². The maximum absolute atomic E-state index is 9.98. The molecular weight excluding hydrogens is 621 g/mol. The molecule has 0 atom stereocenters. The Balaban J connectivity index is 1.28. The lowest BCUT2D eigenvalue weighted by molar-refractivity contribution is 0.669. The standard InChI is InChI=1S/C48H30N2O/c1-2-12-31(13-3-1)32-14-10-15-33(28-32)34-24-27-46-40(29-34)48-45(22-11-23-47(48)51-46)50-43-21-9-6-18-38(43)39-30-35(25-26-44(39)50)49-41-19-7-4-16-36(41)37-17-5-8-20-42(37)49/h1-30H/i1D,2D,3D,4D,5D,6D,7D,8D,9D,10D,12D,13D,14D,15D,16D,17D,18D,19D,20D,21D,25D,26D,28D,30D. The molecule has 0 saturated heterocycles. The Kier molecular flexibility index (Phi) is 2.86. The van der Waals surface area contributed by atoms with Crippen LogP contribution in [0, 0.1) is 0 Å². The van der Waals surface area contributed by atoms with Gasteiger partial charge in [-0.05, 0) is 88.8 Å². The van der Waals surface area contributed by atoms with E-state index in [4.69, 9.17) is 29.1 Å². The van der Waals surface area contributed by atoms with Gasteiger partial charge in [0.1, 0.15) is 11.2 Å². The van der Waals surface area contributed by atoms with Crippen molar-refractivity contribution in [3.8, 4) is 33.6 Å². The van der Waals surface area contributed by atoms with E-state index in [1.54, 1.807) is 6.07 Å². The fraction of sp³-hybridized carbons (Fsp3) is 0. The van der Waals surface area contributed by atoms with Gasteiger partial charge in [0.2, 0.25) is 0 Å². The molecule has 238 valence electrons. The van der Waals surface area contributed by atoms with Crippen LogP contribution in [-0.2, 0) is 0 Å². The molecule has 0 bridgehead atoms. The summed E-state index contributed by atoms with van der Waals surface area (Å²) < 4.78 is 222. The van der Waals surface area contributed by atoms with E-state index in [1.165, 1.54) is 34.9 Å². The van der Waals surface area contributed by atoms with Gasteiger partial charge in [-0.25, -0.2) is 0 Å². The van der Waals surface area contributed by atoms with Gasteiger partial charge in [0.05, 0.1) is 66.0 Å². The van der Waals surface area contributed by atoms with Crippen molar-refractivity contribution in [2.24, 2.45) is 0 Å². The number of rotatable bonds is 4. The zero-order valence-corrected chi connectivity index (χ0v) is 25.8. The predicted molar refractivity (Wildman–Crippen MR) is 213 cm³/mol. The number of aromatic nitrogens is 2. The van der Waals surface area contributed by atoms with Gasteiger partial charge in [0.15, 0.2) is 0 Å². The van der Waals surface area contributed by atoms with E-state index in [0.29, 0.717) is 0 Å². The number of fused-ring (bicyclic) bond motifs is 9. The molecule has 0 aliphatic heterocycles. The second-order valence-electron chi connectivity index (χ2n) is 11.5. The number of hydrogen-bond donors (Lipinski definition) is 0. The van der Waals surface area contributed by atoms with Crippen molar-refractivity contribution in [3.05, 3.63) is 181 Å². The highest BCUT2D eigenvalue weighted by molar-refractivity contribution is 6.16. The molecule has 3 heterocycles. The van der Waals surface area contributed by atoms with Gasteiger partial charge in [0.25, 0.3) is 0 Å². The molecule has 0 saturated carbocycles. The van der Waals surface area contributed by atoms with Crippen molar-refractivity contribution in [1.82, 2.24) is 9.13 Å². The summed E-state index contributed by atoms with van der Waals surface area (Å²) in [4.78, 5) is 0. The van der Waals surface area contributed by atoms with Crippen LogP contribution in [0.15, 0.2) is 186 Å². The first-order chi connectivity index (χ1) is 35.3.